The zero-order chi connectivity index (χ0) is 17.0. The third kappa shape index (κ3) is 6.25. The van der Waals surface area contributed by atoms with Crippen LogP contribution in [0.3, 0.4) is 0 Å². The van der Waals surface area contributed by atoms with Crippen LogP contribution in [0.1, 0.15) is 12.0 Å². The normalized spacial score (nSPS) is 13.2. The Hall–Kier alpha value is -1.99. The molecule has 0 spiro atoms. The quantitative estimate of drug-likeness (QED) is 0.379. The van der Waals surface area contributed by atoms with Crippen molar-refractivity contribution >= 4 is 5.96 Å². The van der Waals surface area contributed by atoms with Gasteiger partial charge in [0.25, 0.3) is 0 Å². The molecule has 0 amide bonds. The van der Waals surface area contributed by atoms with Crippen molar-refractivity contribution in [2.24, 2.45) is 4.99 Å². The van der Waals surface area contributed by atoms with Gasteiger partial charge in [-0.15, -0.1) is 0 Å². The number of benzene rings is 1. The van der Waals surface area contributed by atoms with Crippen LogP contribution in [0.15, 0.2) is 23.2 Å². The highest BCUT2D eigenvalue weighted by Crippen LogP contribution is 2.32. The van der Waals surface area contributed by atoms with E-state index in [-0.39, 0.29) is 0 Å². The smallest absolute Gasteiger partial charge is 0.231 e. The summed E-state index contributed by atoms with van der Waals surface area (Å²) in [6.07, 6.45) is 1.81. The third-order valence-electron chi connectivity index (χ3n) is 3.56. The Morgan fingerprint density at radius 3 is 2.79 bits per heavy atom. The molecule has 1 aromatic rings. The molecule has 2 N–H and O–H groups in total. The number of guanidine groups is 1. The number of nitrogens with one attached hydrogen (secondary N) is 2. The van der Waals surface area contributed by atoms with Crippen molar-refractivity contribution in [3.8, 4) is 11.5 Å². The molecule has 24 heavy (non-hydrogen) atoms. The zero-order valence-electron chi connectivity index (χ0n) is 14.5. The summed E-state index contributed by atoms with van der Waals surface area (Å²) in [6, 6.07) is 6.04. The molecule has 7 heteroatoms. The van der Waals surface area contributed by atoms with E-state index < -0.39 is 0 Å². The van der Waals surface area contributed by atoms with Gasteiger partial charge in [0.05, 0.1) is 13.2 Å². The Labute approximate surface area is 143 Å². The molecule has 134 valence electrons. The molecule has 1 aliphatic rings. The van der Waals surface area contributed by atoms with E-state index in [0.717, 1.165) is 43.4 Å². The van der Waals surface area contributed by atoms with Crippen molar-refractivity contribution in [3.05, 3.63) is 23.8 Å². The minimum absolute atomic E-state index is 0.308. The second kappa shape index (κ2) is 10.7. The molecule has 0 aromatic heterocycles. The molecular weight excluding hydrogens is 310 g/mol. The number of rotatable bonds is 10. The Kier molecular flexibility index (Phi) is 8.20. The predicted molar refractivity (Wildman–Crippen MR) is 92.9 cm³/mol. The molecule has 7 nitrogen and oxygen atoms in total. The first-order valence-corrected chi connectivity index (χ1v) is 8.23. The number of methoxy groups -OCH3 is 1. The molecule has 0 aliphatic carbocycles. The summed E-state index contributed by atoms with van der Waals surface area (Å²) < 4.78 is 21.0. The molecule has 0 unspecified atom stereocenters. The van der Waals surface area contributed by atoms with Crippen molar-refractivity contribution in [3.63, 3.8) is 0 Å². The lowest BCUT2D eigenvalue weighted by Crippen LogP contribution is -2.39. The van der Waals surface area contributed by atoms with Crippen molar-refractivity contribution in [2.75, 3.05) is 53.9 Å². The summed E-state index contributed by atoms with van der Waals surface area (Å²) in [5.74, 6) is 2.44. The minimum atomic E-state index is 0.308. The molecule has 0 atom stereocenters. The Balaban J connectivity index is 1.58. The third-order valence-corrected chi connectivity index (χ3v) is 3.56. The highest BCUT2D eigenvalue weighted by atomic mass is 16.7. The van der Waals surface area contributed by atoms with Crippen LogP contribution in [-0.4, -0.2) is 59.8 Å². The standard InChI is InChI=1S/C17H27N3O4/c1-18-17(19-7-3-9-22-11-10-21-2)20-8-6-14-4-5-15-16(12-14)24-13-23-15/h4-5,12H,3,6-11,13H2,1-2H3,(H2,18,19,20). The van der Waals surface area contributed by atoms with Crippen LogP contribution in [0.5, 0.6) is 11.5 Å². The average Bonchev–Trinajstić information content (AvgIpc) is 3.07. The minimum Gasteiger partial charge on any atom is -0.454 e. The monoisotopic (exact) mass is 337 g/mol. The zero-order valence-corrected chi connectivity index (χ0v) is 14.5. The van der Waals surface area contributed by atoms with Crippen molar-refractivity contribution in [1.82, 2.24) is 10.6 Å². The highest BCUT2D eigenvalue weighted by Gasteiger charge is 2.12. The van der Waals surface area contributed by atoms with Crippen LogP contribution in [0, 0.1) is 0 Å². The molecule has 1 aromatic carbocycles. The van der Waals surface area contributed by atoms with Gasteiger partial charge in [0, 0.05) is 33.9 Å². The lowest BCUT2D eigenvalue weighted by atomic mass is 10.1. The molecule has 0 saturated carbocycles. The van der Waals surface area contributed by atoms with E-state index in [2.05, 4.69) is 21.7 Å². The average molecular weight is 337 g/mol. The fourth-order valence-corrected chi connectivity index (χ4v) is 2.27. The topological polar surface area (TPSA) is 73.3 Å². The van der Waals surface area contributed by atoms with Crippen LogP contribution in [0.2, 0.25) is 0 Å². The molecule has 0 bridgehead atoms. The van der Waals surface area contributed by atoms with Crippen LogP contribution in [0.4, 0.5) is 0 Å². The molecule has 0 fully saturated rings. The summed E-state index contributed by atoms with van der Waals surface area (Å²) >= 11 is 0. The van der Waals surface area contributed by atoms with Crippen molar-refractivity contribution in [2.45, 2.75) is 12.8 Å². The van der Waals surface area contributed by atoms with Gasteiger partial charge in [-0.25, -0.2) is 0 Å². The van der Waals surface area contributed by atoms with Gasteiger partial charge >= 0.3 is 0 Å². The molecule has 0 saturated heterocycles. The number of fused-ring (bicyclic) bond motifs is 1. The second-order valence-electron chi connectivity index (χ2n) is 5.32. The maximum Gasteiger partial charge on any atom is 0.231 e. The van der Waals surface area contributed by atoms with Crippen LogP contribution < -0.4 is 20.1 Å². The number of aliphatic imine (C=N–C) groups is 1. The van der Waals surface area contributed by atoms with Gasteiger partial charge in [-0.2, -0.15) is 0 Å². The van der Waals surface area contributed by atoms with Gasteiger partial charge in [0.15, 0.2) is 17.5 Å². The van der Waals surface area contributed by atoms with Gasteiger partial charge in [-0.05, 0) is 30.5 Å². The first-order valence-electron chi connectivity index (χ1n) is 8.23. The van der Waals surface area contributed by atoms with Crippen LogP contribution >= 0.6 is 0 Å². The maximum absolute atomic E-state index is 5.42. The number of ether oxygens (including phenoxy) is 4. The highest BCUT2D eigenvalue weighted by molar-refractivity contribution is 5.79. The van der Waals surface area contributed by atoms with Crippen LogP contribution in [0.25, 0.3) is 0 Å². The van der Waals surface area contributed by atoms with Crippen LogP contribution in [-0.2, 0) is 15.9 Å². The number of hydrogen-bond donors (Lipinski definition) is 2. The van der Waals surface area contributed by atoms with E-state index in [1.807, 2.05) is 12.1 Å². The van der Waals surface area contributed by atoms with Gasteiger partial charge in [0.1, 0.15) is 0 Å². The van der Waals surface area contributed by atoms with E-state index >= 15 is 0 Å². The molecule has 1 aliphatic heterocycles. The second-order valence-corrected chi connectivity index (χ2v) is 5.32. The summed E-state index contributed by atoms with van der Waals surface area (Å²) in [7, 11) is 3.44. The molecule has 0 radical (unpaired) electrons. The summed E-state index contributed by atoms with van der Waals surface area (Å²) in [5.41, 5.74) is 1.20. The van der Waals surface area contributed by atoms with Gasteiger partial charge in [-0.3, -0.25) is 4.99 Å². The number of nitrogens with zero attached hydrogens (tertiary/aromatic N) is 1. The first kappa shape index (κ1) is 18.4. The fraction of sp³-hybridized carbons (Fsp3) is 0.588. The first-order chi connectivity index (χ1) is 11.8. The molecular formula is C17H27N3O4. The summed E-state index contributed by atoms with van der Waals surface area (Å²) in [6.45, 7) is 3.91. The Bertz CT molecular complexity index is 523. The lowest BCUT2D eigenvalue weighted by Gasteiger charge is -2.12. The van der Waals surface area contributed by atoms with E-state index in [9.17, 15) is 0 Å². The van der Waals surface area contributed by atoms with E-state index in [1.165, 1.54) is 5.56 Å². The predicted octanol–water partition coefficient (Wildman–Crippen LogP) is 1.18. The summed E-state index contributed by atoms with van der Waals surface area (Å²) in [5, 5.41) is 6.57. The largest absolute Gasteiger partial charge is 0.454 e. The van der Waals surface area contributed by atoms with E-state index in [0.29, 0.717) is 26.6 Å². The molecule has 1 heterocycles. The van der Waals surface area contributed by atoms with Crippen molar-refractivity contribution in [1.29, 1.82) is 0 Å². The lowest BCUT2D eigenvalue weighted by molar-refractivity contribution is 0.0698. The van der Waals surface area contributed by atoms with Gasteiger partial charge in [-0.1, -0.05) is 6.07 Å². The fourth-order valence-electron chi connectivity index (χ4n) is 2.27. The number of hydrogen-bond acceptors (Lipinski definition) is 5. The van der Waals surface area contributed by atoms with Gasteiger partial charge < -0.3 is 29.6 Å². The summed E-state index contributed by atoms with van der Waals surface area (Å²) in [4.78, 5) is 4.21. The van der Waals surface area contributed by atoms with E-state index in [1.54, 1.807) is 14.2 Å². The van der Waals surface area contributed by atoms with Gasteiger partial charge in [0.2, 0.25) is 6.79 Å². The Morgan fingerprint density at radius 2 is 1.96 bits per heavy atom. The SMILES string of the molecule is CN=C(NCCCOCCOC)NCCc1ccc2c(c1)OCO2. The van der Waals surface area contributed by atoms with Crippen molar-refractivity contribution < 1.29 is 18.9 Å². The van der Waals surface area contributed by atoms with E-state index in [4.69, 9.17) is 18.9 Å². The maximum atomic E-state index is 5.42. The molecule has 2 rings (SSSR count). The Morgan fingerprint density at radius 1 is 1.12 bits per heavy atom.